The Hall–Kier alpha value is -2.06. The maximum Gasteiger partial charge on any atom is 0.434 e. The first kappa shape index (κ1) is 17.3. The number of halogens is 4. The minimum Gasteiger partial charge on any atom is -0.395 e. The van der Waals surface area contributed by atoms with Crippen molar-refractivity contribution in [3.8, 4) is 5.69 Å². The second kappa shape index (κ2) is 6.59. The van der Waals surface area contributed by atoms with E-state index in [1.807, 2.05) is 0 Å². The zero-order chi connectivity index (χ0) is 17.2. The zero-order valence-electron chi connectivity index (χ0n) is 12.0. The van der Waals surface area contributed by atoms with Gasteiger partial charge in [-0.25, -0.2) is 4.68 Å². The second-order valence-electron chi connectivity index (χ2n) is 4.74. The number of nitrogens with zero attached hydrogens (tertiary/aromatic N) is 3. The highest BCUT2D eigenvalue weighted by molar-refractivity contribution is 6.30. The number of aliphatic hydroxyl groups excluding tert-OH is 1. The van der Waals surface area contributed by atoms with Crippen molar-refractivity contribution in [2.24, 2.45) is 0 Å². The molecule has 2 rings (SSSR count). The Kier molecular flexibility index (Phi) is 4.96. The van der Waals surface area contributed by atoms with Crippen molar-refractivity contribution in [3.63, 3.8) is 0 Å². The summed E-state index contributed by atoms with van der Waals surface area (Å²) in [5.74, 6) is -0.869. The summed E-state index contributed by atoms with van der Waals surface area (Å²) >= 11 is 5.72. The molecule has 1 amide bonds. The summed E-state index contributed by atoms with van der Waals surface area (Å²) in [7, 11) is 1.30. The van der Waals surface area contributed by atoms with Gasteiger partial charge in [-0.05, 0) is 24.3 Å². The summed E-state index contributed by atoms with van der Waals surface area (Å²) in [5, 5.41) is 12.9. The molecule has 1 aromatic carbocycles. The Balaban J connectivity index is 2.54. The summed E-state index contributed by atoms with van der Waals surface area (Å²) in [5.41, 5.74) is -1.62. The third-order valence-corrected chi connectivity index (χ3v) is 3.37. The van der Waals surface area contributed by atoms with Gasteiger partial charge >= 0.3 is 6.18 Å². The summed E-state index contributed by atoms with van der Waals surface area (Å²) < 4.78 is 40.9. The number of likely N-dealkylation sites (N-methyl/N-ethyl adjacent to an activating group) is 1. The predicted octanol–water partition coefficient (Wildman–Crippen LogP) is 2.61. The lowest BCUT2D eigenvalue weighted by Crippen LogP contribution is -2.31. The van der Waals surface area contributed by atoms with E-state index in [0.29, 0.717) is 9.70 Å². The maximum absolute atomic E-state index is 13.4. The van der Waals surface area contributed by atoms with Crippen LogP contribution in [0.3, 0.4) is 0 Å². The van der Waals surface area contributed by atoms with Gasteiger partial charge in [-0.15, -0.1) is 0 Å². The van der Waals surface area contributed by atoms with Gasteiger partial charge in [0.25, 0.3) is 5.91 Å². The largest absolute Gasteiger partial charge is 0.434 e. The van der Waals surface area contributed by atoms with E-state index in [1.54, 1.807) is 0 Å². The van der Waals surface area contributed by atoms with Gasteiger partial charge in [0, 0.05) is 18.6 Å². The molecule has 0 aliphatic heterocycles. The van der Waals surface area contributed by atoms with E-state index in [1.165, 1.54) is 31.3 Å². The summed E-state index contributed by atoms with van der Waals surface area (Å²) in [6.45, 7) is -0.433. The molecule has 0 unspecified atom stereocenters. The van der Waals surface area contributed by atoms with E-state index >= 15 is 0 Å². The Morgan fingerprint density at radius 3 is 2.48 bits per heavy atom. The molecule has 0 radical (unpaired) electrons. The van der Waals surface area contributed by atoms with Crippen LogP contribution < -0.4 is 0 Å². The number of carbonyl (C=O) groups excluding carboxylic acids is 1. The lowest BCUT2D eigenvalue weighted by atomic mass is 10.2. The van der Waals surface area contributed by atoms with E-state index < -0.39 is 23.3 Å². The molecule has 0 aliphatic carbocycles. The van der Waals surface area contributed by atoms with Crippen molar-refractivity contribution in [1.82, 2.24) is 14.7 Å². The Labute approximate surface area is 134 Å². The molecule has 0 atom stereocenters. The standard InChI is InChI=1S/C14H13ClF3N3O2/c1-20(6-7-22)13(23)11-8-19-21(12(11)14(16,17)18)10-4-2-9(15)3-5-10/h2-5,8,22H,6-7H2,1H3. The van der Waals surface area contributed by atoms with Gasteiger partial charge in [0.2, 0.25) is 0 Å². The van der Waals surface area contributed by atoms with Crippen molar-refractivity contribution >= 4 is 17.5 Å². The molecule has 0 saturated heterocycles. The lowest BCUT2D eigenvalue weighted by molar-refractivity contribution is -0.143. The molecule has 2 aromatic rings. The van der Waals surface area contributed by atoms with E-state index in [2.05, 4.69) is 5.10 Å². The predicted molar refractivity (Wildman–Crippen MR) is 77.6 cm³/mol. The molecule has 23 heavy (non-hydrogen) atoms. The molecule has 1 heterocycles. The number of alkyl halides is 3. The van der Waals surface area contributed by atoms with Gasteiger partial charge in [-0.1, -0.05) is 11.6 Å². The molecule has 0 spiro atoms. The minimum atomic E-state index is -4.78. The van der Waals surface area contributed by atoms with Gasteiger partial charge in [0.05, 0.1) is 24.1 Å². The van der Waals surface area contributed by atoms with Crippen LogP contribution >= 0.6 is 11.6 Å². The Morgan fingerprint density at radius 2 is 1.96 bits per heavy atom. The first-order chi connectivity index (χ1) is 10.8. The van der Waals surface area contributed by atoms with Gasteiger partial charge in [-0.3, -0.25) is 4.79 Å². The van der Waals surface area contributed by atoms with Gasteiger partial charge in [0.1, 0.15) is 0 Å². The number of carbonyl (C=O) groups is 1. The van der Waals surface area contributed by atoms with Gasteiger partial charge in [0.15, 0.2) is 5.69 Å². The molecule has 124 valence electrons. The highest BCUT2D eigenvalue weighted by Gasteiger charge is 2.41. The number of hydrogen-bond donors (Lipinski definition) is 1. The molecular weight excluding hydrogens is 335 g/mol. The van der Waals surface area contributed by atoms with Crippen LogP contribution in [-0.4, -0.2) is 45.9 Å². The van der Waals surface area contributed by atoms with E-state index in [-0.39, 0.29) is 18.8 Å². The van der Waals surface area contributed by atoms with E-state index in [0.717, 1.165) is 11.1 Å². The molecule has 9 heteroatoms. The maximum atomic E-state index is 13.4. The van der Waals surface area contributed by atoms with Crippen LogP contribution in [0.1, 0.15) is 16.1 Å². The van der Waals surface area contributed by atoms with Crippen molar-refractivity contribution in [3.05, 3.63) is 46.7 Å². The fraction of sp³-hybridized carbons (Fsp3) is 0.286. The Morgan fingerprint density at radius 1 is 1.35 bits per heavy atom. The number of amides is 1. The van der Waals surface area contributed by atoms with Crippen molar-refractivity contribution < 1.29 is 23.1 Å². The number of aliphatic hydroxyl groups is 1. The fourth-order valence-electron chi connectivity index (χ4n) is 2.01. The normalized spacial score (nSPS) is 11.6. The molecule has 0 fully saturated rings. The average Bonchev–Trinajstić information content (AvgIpc) is 2.92. The smallest absolute Gasteiger partial charge is 0.395 e. The van der Waals surface area contributed by atoms with Gasteiger partial charge in [-0.2, -0.15) is 18.3 Å². The topological polar surface area (TPSA) is 58.4 Å². The quantitative estimate of drug-likeness (QED) is 0.925. The van der Waals surface area contributed by atoms with Crippen LogP contribution in [-0.2, 0) is 6.18 Å². The van der Waals surface area contributed by atoms with E-state index in [4.69, 9.17) is 16.7 Å². The van der Waals surface area contributed by atoms with Gasteiger partial charge < -0.3 is 10.0 Å². The molecule has 0 saturated carbocycles. The molecule has 5 nitrogen and oxygen atoms in total. The summed E-state index contributed by atoms with van der Waals surface area (Å²) in [6, 6.07) is 5.60. The SMILES string of the molecule is CN(CCO)C(=O)c1cnn(-c2ccc(Cl)cc2)c1C(F)(F)F. The molecule has 1 aromatic heterocycles. The number of rotatable bonds is 4. The van der Waals surface area contributed by atoms with Crippen molar-refractivity contribution in [1.29, 1.82) is 0 Å². The minimum absolute atomic E-state index is 0.0811. The molecular formula is C14H13ClF3N3O2. The first-order valence-corrected chi connectivity index (χ1v) is 6.91. The third kappa shape index (κ3) is 3.65. The average molecular weight is 348 g/mol. The number of aromatic nitrogens is 2. The number of benzene rings is 1. The summed E-state index contributed by atoms with van der Waals surface area (Å²) in [6.07, 6.45) is -3.91. The Bertz CT molecular complexity index is 698. The monoisotopic (exact) mass is 347 g/mol. The first-order valence-electron chi connectivity index (χ1n) is 6.53. The van der Waals surface area contributed by atoms with Crippen LogP contribution in [0.2, 0.25) is 5.02 Å². The third-order valence-electron chi connectivity index (χ3n) is 3.12. The highest BCUT2D eigenvalue weighted by atomic mass is 35.5. The van der Waals surface area contributed by atoms with E-state index in [9.17, 15) is 18.0 Å². The molecule has 0 aliphatic rings. The highest BCUT2D eigenvalue weighted by Crippen LogP contribution is 2.34. The zero-order valence-corrected chi connectivity index (χ0v) is 12.8. The van der Waals surface area contributed by atoms with Crippen LogP contribution in [0.25, 0.3) is 5.69 Å². The second-order valence-corrected chi connectivity index (χ2v) is 5.18. The molecule has 1 N–H and O–H groups in total. The fourth-order valence-corrected chi connectivity index (χ4v) is 2.14. The number of hydrogen-bond acceptors (Lipinski definition) is 3. The van der Waals surface area contributed by atoms with Crippen molar-refractivity contribution in [2.75, 3.05) is 20.2 Å². The van der Waals surface area contributed by atoms with Crippen LogP contribution in [0.4, 0.5) is 13.2 Å². The van der Waals surface area contributed by atoms with Crippen molar-refractivity contribution in [2.45, 2.75) is 6.18 Å². The summed E-state index contributed by atoms with van der Waals surface area (Å²) in [4.78, 5) is 13.1. The van der Waals surface area contributed by atoms with Crippen LogP contribution in [0.15, 0.2) is 30.5 Å². The van der Waals surface area contributed by atoms with Crippen LogP contribution in [0.5, 0.6) is 0 Å². The lowest BCUT2D eigenvalue weighted by Gasteiger charge is -2.17. The molecule has 0 bridgehead atoms. The van der Waals surface area contributed by atoms with Crippen LogP contribution in [0, 0.1) is 0 Å².